The third-order valence-corrected chi connectivity index (χ3v) is 3.20. The van der Waals surface area contributed by atoms with Crippen molar-refractivity contribution in [2.75, 3.05) is 6.61 Å². The van der Waals surface area contributed by atoms with Crippen LogP contribution in [0.3, 0.4) is 0 Å². The fraction of sp³-hybridized carbons (Fsp3) is 0.786. The van der Waals surface area contributed by atoms with Crippen molar-refractivity contribution in [3.63, 3.8) is 0 Å². The molecule has 1 aliphatic heterocycles. The van der Waals surface area contributed by atoms with Gasteiger partial charge in [0, 0.05) is 25.1 Å². The van der Waals surface area contributed by atoms with E-state index in [1.165, 1.54) is 19.2 Å². The van der Waals surface area contributed by atoms with Crippen molar-refractivity contribution in [1.82, 2.24) is 10.3 Å². The zero-order valence-corrected chi connectivity index (χ0v) is 11.7. The van der Waals surface area contributed by atoms with Gasteiger partial charge in [0.2, 0.25) is 0 Å². The quantitative estimate of drug-likeness (QED) is 0.895. The summed E-state index contributed by atoms with van der Waals surface area (Å²) in [6.07, 6.45) is 6.27. The molecular weight excluding hydrogens is 228 g/mol. The summed E-state index contributed by atoms with van der Waals surface area (Å²) in [5, 5.41) is 3.44. The Hall–Kier alpha value is -0.870. The Morgan fingerprint density at radius 1 is 1.39 bits per heavy atom. The van der Waals surface area contributed by atoms with Crippen LogP contribution in [-0.2, 0) is 17.7 Å². The molecule has 2 rings (SSSR count). The zero-order chi connectivity index (χ0) is 13.0. The number of nitrogens with zero attached hydrogens (tertiary/aromatic N) is 1. The van der Waals surface area contributed by atoms with Crippen molar-refractivity contribution in [3.8, 4) is 0 Å². The maximum absolute atomic E-state index is 5.74. The average Bonchev–Trinajstić information content (AvgIpc) is 2.74. The lowest BCUT2D eigenvalue weighted by molar-refractivity contribution is 0.0138. The van der Waals surface area contributed by atoms with Crippen LogP contribution >= 0.6 is 0 Å². The predicted molar refractivity (Wildman–Crippen MR) is 70.4 cm³/mol. The van der Waals surface area contributed by atoms with Gasteiger partial charge >= 0.3 is 0 Å². The fourth-order valence-corrected chi connectivity index (χ4v) is 2.13. The Morgan fingerprint density at radius 3 is 2.89 bits per heavy atom. The van der Waals surface area contributed by atoms with Crippen LogP contribution in [0.2, 0.25) is 0 Å². The van der Waals surface area contributed by atoms with E-state index in [-0.39, 0.29) is 5.54 Å². The van der Waals surface area contributed by atoms with Gasteiger partial charge in [-0.05, 0) is 40.0 Å². The number of nitrogens with one attached hydrogen (secondary N) is 1. The van der Waals surface area contributed by atoms with Gasteiger partial charge in [-0.25, -0.2) is 4.98 Å². The zero-order valence-electron chi connectivity index (χ0n) is 11.7. The third kappa shape index (κ3) is 4.10. The van der Waals surface area contributed by atoms with Gasteiger partial charge < -0.3 is 14.5 Å². The van der Waals surface area contributed by atoms with Gasteiger partial charge in [0.25, 0.3) is 0 Å². The molecule has 0 spiro atoms. The lowest BCUT2D eigenvalue weighted by Crippen LogP contribution is -2.35. The first-order valence-electron chi connectivity index (χ1n) is 6.82. The molecule has 0 saturated carbocycles. The molecule has 1 unspecified atom stereocenters. The van der Waals surface area contributed by atoms with Gasteiger partial charge in [0.05, 0.1) is 11.8 Å². The SMILES string of the molecule is CC(C)(C)NCc1ncoc1CC1CCCCO1. The first-order valence-corrected chi connectivity index (χ1v) is 6.82. The summed E-state index contributed by atoms with van der Waals surface area (Å²) >= 11 is 0. The van der Waals surface area contributed by atoms with E-state index in [1.807, 2.05) is 0 Å². The van der Waals surface area contributed by atoms with Gasteiger partial charge in [-0.1, -0.05) is 0 Å². The van der Waals surface area contributed by atoms with E-state index in [9.17, 15) is 0 Å². The van der Waals surface area contributed by atoms with Crippen molar-refractivity contribution in [2.24, 2.45) is 0 Å². The van der Waals surface area contributed by atoms with Crippen LogP contribution in [0, 0.1) is 0 Å². The summed E-state index contributed by atoms with van der Waals surface area (Å²) in [5.74, 6) is 0.971. The first-order chi connectivity index (χ1) is 8.54. The number of oxazole rings is 1. The minimum Gasteiger partial charge on any atom is -0.448 e. The standard InChI is InChI=1S/C14H24N2O2/c1-14(2,3)16-9-12-13(18-10-15-12)8-11-6-4-5-7-17-11/h10-11,16H,4-9H2,1-3H3. The first kappa shape index (κ1) is 13.6. The number of ether oxygens (including phenoxy) is 1. The highest BCUT2D eigenvalue weighted by atomic mass is 16.5. The third-order valence-electron chi connectivity index (χ3n) is 3.20. The Labute approximate surface area is 109 Å². The Bertz CT molecular complexity index is 362. The Balaban J connectivity index is 1.90. The molecule has 1 aliphatic rings. The molecule has 0 bridgehead atoms. The number of rotatable bonds is 4. The van der Waals surface area contributed by atoms with Crippen molar-refractivity contribution in [1.29, 1.82) is 0 Å². The van der Waals surface area contributed by atoms with Crippen LogP contribution in [0.25, 0.3) is 0 Å². The highest BCUT2D eigenvalue weighted by Crippen LogP contribution is 2.19. The van der Waals surface area contributed by atoms with E-state index in [4.69, 9.17) is 9.15 Å². The predicted octanol–water partition coefficient (Wildman–Crippen LogP) is 2.67. The molecule has 102 valence electrons. The number of aromatic nitrogens is 1. The second-order valence-corrected chi connectivity index (χ2v) is 6.02. The second kappa shape index (κ2) is 5.85. The van der Waals surface area contributed by atoms with Crippen molar-refractivity contribution >= 4 is 0 Å². The summed E-state index contributed by atoms with van der Waals surface area (Å²) in [7, 11) is 0. The smallest absolute Gasteiger partial charge is 0.181 e. The molecule has 1 aromatic rings. The molecule has 4 nitrogen and oxygen atoms in total. The molecule has 4 heteroatoms. The van der Waals surface area contributed by atoms with Gasteiger partial charge in [0.1, 0.15) is 5.76 Å². The van der Waals surface area contributed by atoms with Crippen LogP contribution in [0.1, 0.15) is 51.5 Å². The minimum absolute atomic E-state index is 0.0948. The van der Waals surface area contributed by atoms with Crippen molar-refractivity contribution in [3.05, 3.63) is 17.8 Å². The van der Waals surface area contributed by atoms with Crippen molar-refractivity contribution in [2.45, 2.75) is 64.6 Å². The molecular formula is C14H24N2O2. The summed E-state index contributed by atoms with van der Waals surface area (Å²) < 4.78 is 11.2. The van der Waals surface area contributed by atoms with E-state index in [0.29, 0.717) is 6.10 Å². The topological polar surface area (TPSA) is 47.3 Å². The van der Waals surface area contributed by atoms with E-state index < -0.39 is 0 Å². The van der Waals surface area contributed by atoms with Crippen LogP contribution in [0.4, 0.5) is 0 Å². The van der Waals surface area contributed by atoms with Crippen molar-refractivity contribution < 1.29 is 9.15 Å². The molecule has 1 fully saturated rings. The lowest BCUT2D eigenvalue weighted by Gasteiger charge is -2.22. The molecule has 0 aliphatic carbocycles. The molecule has 18 heavy (non-hydrogen) atoms. The largest absolute Gasteiger partial charge is 0.448 e. The summed E-state index contributed by atoms with van der Waals surface area (Å²) in [6.45, 7) is 8.08. The number of hydrogen-bond acceptors (Lipinski definition) is 4. The summed E-state index contributed by atoms with van der Waals surface area (Å²) in [4.78, 5) is 4.30. The molecule has 1 atom stereocenters. The molecule has 1 saturated heterocycles. The normalized spacial score (nSPS) is 21.2. The van der Waals surface area contributed by atoms with Crippen LogP contribution in [0.5, 0.6) is 0 Å². The van der Waals surface area contributed by atoms with E-state index in [2.05, 4.69) is 31.1 Å². The molecule has 1 N–H and O–H groups in total. The maximum atomic E-state index is 5.74. The fourth-order valence-electron chi connectivity index (χ4n) is 2.13. The second-order valence-electron chi connectivity index (χ2n) is 6.02. The summed E-state index contributed by atoms with van der Waals surface area (Å²) in [6, 6.07) is 0. The molecule has 0 aromatic carbocycles. The van der Waals surface area contributed by atoms with Crippen LogP contribution in [-0.4, -0.2) is 23.2 Å². The Morgan fingerprint density at radius 2 is 2.22 bits per heavy atom. The highest BCUT2D eigenvalue weighted by Gasteiger charge is 2.19. The monoisotopic (exact) mass is 252 g/mol. The molecule has 0 radical (unpaired) electrons. The lowest BCUT2D eigenvalue weighted by atomic mass is 10.0. The van der Waals surface area contributed by atoms with Gasteiger partial charge in [-0.3, -0.25) is 0 Å². The van der Waals surface area contributed by atoms with Gasteiger partial charge in [0.15, 0.2) is 6.39 Å². The van der Waals surface area contributed by atoms with Crippen LogP contribution < -0.4 is 5.32 Å². The highest BCUT2D eigenvalue weighted by molar-refractivity contribution is 5.09. The average molecular weight is 252 g/mol. The van der Waals surface area contributed by atoms with E-state index in [0.717, 1.165) is 37.4 Å². The molecule has 0 amide bonds. The van der Waals surface area contributed by atoms with Crippen LogP contribution in [0.15, 0.2) is 10.8 Å². The van der Waals surface area contributed by atoms with E-state index in [1.54, 1.807) is 0 Å². The summed E-state index contributed by atoms with van der Waals surface area (Å²) in [5.41, 5.74) is 1.11. The number of hydrogen-bond donors (Lipinski definition) is 1. The van der Waals surface area contributed by atoms with Gasteiger partial charge in [-0.2, -0.15) is 0 Å². The van der Waals surface area contributed by atoms with Gasteiger partial charge in [-0.15, -0.1) is 0 Å². The molecule has 1 aromatic heterocycles. The minimum atomic E-state index is 0.0948. The Kier molecular flexibility index (Phi) is 4.40. The maximum Gasteiger partial charge on any atom is 0.181 e. The molecule has 2 heterocycles. The van der Waals surface area contributed by atoms with E-state index >= 15 is 0 Å².